The van der Waals surface area contributed by atoms with Gasteiger partial charge in [-0.3, -0.25) is 19.3 Å². The molecule has 0 saturated carbocycles. The van der Waals surface area contributed by atoms with E-state index in [9.17, 15) is 23.2 Å². The number of hydrogen-bond donors (Lipinski definition) is 1. The molecular weight excluding hydrogens is 418 g/mol. The Hall–Kier alpha value is -3.88. The highest BCUT2D eigenvalue weighted by Gasteiger charge is 2.35. The van der Waals surface area contributed by atoms with Gasteiger partial charge in [-0.25, -0.2) is 13.5 Å². The number of aromatic nitrogens is 2. The number of nitrogens with one attached hydrogen (secondary N) is 1. The van der Waals surface area contributed by atoms with E-state index in [1.165, 1.54) is 10.9 Å². The van der Waals surface area contributed by atoms with Crippen molar-refractivity contribution < 1.29 is 23.2 Å². The second-order valence-electron chi connectivity index (χ2n) is 7.68. The molecule has 1 aliphatic heterocycles. The number of carbonyl (C=O) groups is 3. The summed E-state index contributed by atoms with van der Waals surface area (Å²) in [6, 6.07) is 8.15. The fraction of sp³-hybridized carbons (Fsp3) is 0.217. The lowest BCUT2D eigenvalue weighted by Crippen LogP contribution is -2.33. The van der Waals surface area contributed by atoms with Gasteiger partial charge in [0, 0.05) is 24.1 Å². The van der Waals surface area contributed by atoms with Crippen molar-refractivity contribution in [2.45, 2.75) is 26.8 Å². The third kappa shape index (κ3) is 4.01. The van der Waals surface area contributed by atoms with E-state index in [0.29, 0.717) is 22.5 Å². The van der Waals surface area contributed by atoms with Crippen LogP contribution in [0.15, 0.2) is 42.6 Å². The van der Waals surface area contributed by atoms with Crippen LogP contribution >= 0.6 is 0 Å². The van der Waals surface area contributed by atoms with E-state index in [1.807, 2.05) is 6.92 Å². The van der Waals surface area contributed by atoms with Crippen molar-refractivity contribution in [3.63, 3.8) is 0 Å². The van der Waals surface area contributed by atoms with E-state index in [1.54, 1.807) is 25.1 Å². The molecule has 1 aliphatic rings. The summed E-state index contributed by atoms with van der Waals surface area (Å²) in [6.07, 6.45) is 1.38. The number of anilines is 1. The van der Waals surface area contributed by atoms with E-state index >= 15 is 0 Å². The molecule has 0 atom stereocenters. The second-order valence-corrected chi connectivity index (χ2v) is 7.68. The molecule has 2 aromatic carbocycles. The van der Waals surface area contributed by atoms with Crippen LogP contribution in [0, 0.1) is 25.5 Å². The Morgan fingerprint density at radius 1 is 1.03 bits per heavy atom. The minimum atomic E-state index is -0.585. The van der Waals surface area contributed by atoms with Crippen LogP contribution < -0.4 is 5.32 Å². The molecule has 32 heavy (non-hydrogen) atoms. The van der Waals surface area contributed by atoms with Crippen molar-refractivity contribution in [2.24, 2.45) is 0 Å². The zero-order valence-corrected chi connectivity index (χ0v) is 17.5. The SMILES string of the molecule is Cc1ccc2c(c1)C(=O)N(CCC(=O)Nc1c(C)cnn1Cc1cc(F)ccc1F)C2=O. The first-order chi connectivity index (χ1) is 15.2. The maximum Gasteiger partial charge on any atom is 0.261 e. The zero-order chi connectivity index (χ0) is 23.0. The average molecular weight is 438 g/mol. The summed E-state index contributed by atoms with van der Waals surface area (Å²) in [5.74, 6) is -2.13. The number of amides is 3. The van der Waals surface area contributed by atoms with Crippen LogP contribution in [0.1, 0.15) is 43.8 Å². The molecule has 2 heterocycles. The first-order valence-corrected chi connectivity index (χ1v) is 9.97. The van der Waals surface area contributed by atoms with Crippen LogP contribution in [0.4, 0.5) is 14.6 Å². The van der Waals surface area contributed by atoms with Gasteiger partial charge in [0.05, 0.1) is 23.9 Å². The highest BCUT2D eigenvalue weighted by Crippen LogP contribution is 2.24. The molecule has 7 nitrogen and oxygen atoms in total. The predicted molar refractivity (Wildman–Crippen MR) is 112 cm³/mol. The molecule has 3 aromatic rings. The van der Waals surface area contributed by atoms with Crippen molar-refractivity contribution in [3.05, 3.63) is 82.0 Å². The molecule has 1 N–H and O–H groups in total. The molecule has 0 radical (unpaired) electrons. The quantitative estimate of drug-likeness (QED) is 0.598. The standard InChI is InChI=1S/C23H20F2N4O3/c1-13-3-5-17-18(9-13)23(32)28(22(17)31)8-7-20(30)27-21-14(2)11-26-29(21)12-15-10-16(24)4-6-19(15)25/h3-6,9-11H,7-8,12H2,1-2H3,(H,27,30). The minimum Gasteiger partial charge on any atom is -0.311 e. The van der Waals surface area contributed by atoms with E-state index < -0.39 is 29.4 Å². The van der Waals surface area contributed by atoms with Gasteiger partial charge in [-0.1, -0.05) is 11.6 Å². The number of imide groups is 1. The lowest BCUT2D eigenvalue weighted by atomic mass is 10.1. The predicted octanol–water partition coefficient (Wildman–Crippen LogP) is 3.45. The van der Waals surface area contributed by atoms with Crippen LogP contribution in [-0.4, -0.2) is 38.9 Å². The van der Waals surface area contributed by atoms with Crippen molar-refractivity contribution >= 4 is 23.5 Å². The number of nitrogens with zero attached hydrogens (tertiary/aromatic N) is 3. The van der Waals surface area contributed by atoms with Crippen molar-refractivity contribution in [1.82, 2.24) is 14.7 Å². The average Bonchev–Trinajstić information content (AvgIpc) is 3.20. The molecule has 1 aromatic heterocycles. The van der Waals surface area contributed by atoms with Crippen molar-refractivity contribution in [3.8, 4) is 0 Å². The molecule has 0 unspecified atom stereocenters. The third-order valence-electron chi connectivity index (χ3n) is 5.30. The van der Waals surface area contributed by atoms with Crippen LogP contribution in [0.5, 0.6) is 0 Å². The van der Waals surface area contributed by atoms with Gasteiger partial charge < -0.3 is 5.32 Å². The number of fused-ring (bicyclic) bond motifs is 1. The van der Waals surface area contributed by atoms with Gasteiger partial charge >= 0.3 is 0 Å². The first kappa shape index (κ1) is 21.4. The first-order valence-electron chi connectivity index (χ1n) is 9.97. The van der Waals surface area contributed by atoms with Crippen LogP contribution in [0.3, 0.4) is 0 Å². The summed E-state index contributed by atoms with van der Waals surface area (Å²) in [7, 11) is 0. The van der Waals surface area contributed by atoms with E-state index in [-0.39, 0.29) is 25.1 Å². The Kier molecular flexibility index (Phi) is 5.56. The summed E-state index contributed by atoms with van der Waals surface area (Å²) >= 11 is 0. The minimum absolute atomic E-state index is 0.0786. The molecule has 0 aliphatic carbocycles. The Morgan fingerprint density at radius 3 is 2.56 bits per heavy atom. The van der Waals surface area contributed by atoms with E-state index in [0.717, 1.165) is 28.7 Å². The summed E-state index contributed by atoms with van der Waals surface area (Å²) < 4.78 is 28.8. The third-order valence-corrected chi connectivity index (χ3v) is 5.30. The lowest BCUT2D eigenvalue weighted by Gasteiger charge is -2.14. The fourth-order valence-electron chi connectivity index (χ4n) is 3.60. The highest BCUT2D eigenvalue weighted by molar-refractivity contribution is 6.21. The smallest absolute Gasteiger partial charge is 0.261 e. The Labute approximate surface area is 182 Å². The van der Waals surface area contributed by atoms with Gasteiger partial charge in [-0.2, -0.15) is 5.10 Å². The number of rotatable bonds is 6. The van der Waals surface area contributed by atoms with Gasteiger partial charge in [0.15, 0.2) is 0 Å². The summed E-state index contributed by atoms with van der Waals surface area (Å²) in [5.41, 5.74) is 2.24. The van der Waals surface area contributed by atoms with Gasteiger partial charge in [0.2, 0.25) is 5.91 Å². The van der Waals surface area contributed by atoms with Gasteiger partial charge in [0.1, 0.15) is 17.5 Å². The normalized spacial score (nSPS) is 12.9. The monoisotopic (exact) mass is 438 g/mol. The number of halogens is 2. The maximum atomic E-state index is 14.0. The fourth-order valence-corrected chi connectivity index (χ4v) is 3.60. The Bertz CT molecular complexity index is 1250. The van der Waals surface area contributed by atoms with Crippen molar-refractivity contribution in [2.75, 3.05) is 11.9 Å². The summed E-state index contributed by atoms with van der Waals surface area (Å²) in [5, 5.41) is 6.82. The van der Waals surface area contributed by atoms with Crippen LogP contribution in [-0.2, 0) is 11.3 Å². The second kappa shape index (κ2) is 8.33. The highest BCUT2D eigenvalue weighted by atomic mass is 19.1. The zero-order valence-electron chi connectivity index (χ0n) is 17.5. The Morgan fingerprint density at radius 2 is 1.78 bits per heavy atom. The molecular formula is C23H20F2N4O3. The van der Waals surface area contributed by atoms with E-state index in [2.05, 4.69) is 10.4 Å². The van der Waals surface area contributed by atoms with Crippen molar-refractivity contribution in [1.29, 1.82) is 0 Å². The van der Waals surface area contributed by atoms with Crippen LogP contribution in [0.2, 0.25) is 0 Å². The number of aryl methyl sites for hydroxylation is 2. The molecule has 0 bridgehead atoms. The molecule has 0 fully saturated rings. The molecule has 3 amide bonds. The summed E-state index contributed by atoms with van der Waals surface area (Å²) in [6.45, 7) is 3.39. The van der Waals surface area contributed by atoms with Gasteiger partial charge in [0.25, 0.3) is 11.8 Å². The topological polar surface area (TPSA) is 84.3 Å². The molecule has 164 valence electrons. The summed E-state index contributed by atoms with van der Waals surface area (Å²) in [4.78, 5) is 38.7. The largest absolute Gasteiger partial charge is 0.311 e. The van der Waals surface area contributed by atoms with Crippen LogP contribution in [0.25, 0.3) is 0 Å². The maximum absolute atomic E-state index is 14.0. The molecule has 9 heteroatoms. The van der Waals surface area contributed by atoms with Gasteiger partial charge in [-0.15, -0.1) is 0 Å². The number of benzene rings is 2. The number of hydrogen-bond acceptors (Lipinski definition) is 4. The van der Waals surface area contributed by atoms with Gasteiger partial charge in [-0.05, 0) is 44.2 Å². The van der Waals surface area contributed by atoms with E-state index in [4.69, 9.17) is 0 Å². The Balaban J connectivity index is 1.43. The lowest BCUT2D eigenvalue weighted by molar-refractivity contribution is -0.116. The molecule has 4 rings (SSSR count). The molecule has 0 saturated heterocycles. The molecule has 0 spiro atoms. The number of carbonyl (C=O) groups excluding carboxylic acids is 3.